The number of carbonyl (C=O) groups is 1. The lowest BCUT2D eigenvalue weighted by Crippen LogP contribution is -2.31. The van der Waals surface area contributed by atoms with Crippen LogP contribution in [0.5, 0.6) is 0 Å². The van der Waals surface area contributed by atoms with Crippen molar-refractivity contribution in [1.82, 2.24) is 15.1 Å². The summed E-state index contributed by atoms with van der Waals surface area (Å²) in [5.74, 6) is 2.74. The van der Waals surface area contributed by atoms with Gasteiger partial charge in [-0.2, -0.15) is 11.8 Å². The van der Waals surface area contributed by atoms with Gasteiger partial charge in [0.1, 0.15) is 0 Å². The second-order valence-electron chi connectivity index (χ2n) is 7.78. The van der Waals surface area contributed by atoms with Crippen molar-refractivity contribution >= 4 is 51.6 Å². The van der Waals surface area contributed by atoms with Gasteiger partial charge >= 0.3 is 0 Å². The predicted molar refractivity (Wildman–Crippen MR) is 129 cm³/mol. The normalized spacial score (nSPS) is 18.3. The lowest BCUT2D eigenvalue weighted by atomic mass is 9.96. The molecule has 1 amide bonds. The van der Waals surface area contributed by atoms with E-state index >= 15 is 0 Å². The lowest BCUT2D eigenvalue weighted by Gasteiger charge is -2.26. The molecule has 1 aromatic carbocycles. The molecule has 1 saturated carbocycles. The molecule has 9 heteroatoms. The van der Waals surface area contributed by atoms with Gasteiger partial charge in [0.2, 0.25) is 11.0 Å². The maximum Gasteiger partial charge on any atom is 0.234 e. The highest BCUT2D eigenvalue weighted by molar-refractivity contribution is 8.01. The highest BCUT2D eigenvalue weighted by atomic mass is 32.2. The van der Waals surface area contributed by atoms with Gasteiger partial charge in [0.15, 0.2) is 4.34 Å². The molecule has 162 valence electrons. The van der Waals surface area contributed by atoms with Crippen LogP contribution >= 0.6 is 34.9 Å². The minimum absolute atomic E-state index is 0.0106. The summed E-state index contributed by atoms with van der Waals surface area (Å²) in [4.78, 5) is 14.9. The number of rotatable bonds is 8. The molecule has 2 aromatic rings. The van der Waals surface area contributed by atoms with E-state index in [2.05, 4.69) is 37.9 Å². The Morgan fingerprint density at radius 3 is 2.83 bits per heavy atom. The fraction of sp³-hybridized carbons (Fsp3) is 0.571. The van der Waals surface area contributed by atoms with E-state index in [0.29, 0.717) is 11.8 Å². The van der Waals surface area contributed by atoms with Crippen molar-refractivity contribution in [2.45, 2.75) is 49.0 Å². The van der Waals surface area contributed by atoms with Crippen LogP contribution in [0.25, 0.3) is 0 Å². The molecule has 2 heterocycles. The van der Waals surface area contributed by atoms with E-state index in [1.807, 2.05) is 23.9 Å². The first-order valence-electron chi connectivity index (χ1n) is 10.7. The average molecular weight is 464 g/mol. The monoisotopic (exact) mass is 463 g/mol. The SMILES string of the molecule is O=C(CSc1nnc(NC2CCCCC2)s1)Nc1cccc(CN2CCSCC2)c1. The van der Waals surface area contributed by atoms with Crippen LogP contribution < -0.4 is 10.6 Å². The fourth-order valence-electron chi connectivity index (χ4n) is 3.84. The summed E-state index contributed by atoms with van der Waals surface area (Å²) in [7, 11) is 0. The third kappa shape index (κ3) is 6.87. The van der Waals surface area contributed by atoms with Gasteiger partial charge < -0.3 is 10.6 Å². The second-order valence-corrected chi connectivity index (χ2v) is 11.2. The molecule has 2 fully saturated rings. The smallest absolute Gasteiger partial charge is 0.234 e. The maximum absolute atomic E-state index is 12.4. The third-order valence-corrected chi connectivity index (χ3v) is 8.32. The standard InChI is InChI=1S/C21H29N5OS3/c27-19(15-29-21-25-24-20(30-21)23-17-6-2-1-3-7-17)22-18-8-4-5-16(13-18)14-26-9-11-28-12-10-26/h4-5,8,13,17H,1-3,6-7,9-12,14-15H2,(H,22,27)(H,23,24). The van der Waals surface area contributed by atoms with Gasteiger partial charge in [0.05, 0.1) is 5.75 Å². The summed E-state index contributed by atoms with van der Waals surface area (Å²) < 4.78 is 0.833. The predicted octanol–water partition coefficient (Wildman–Crippen LogP) is 4.56. The Morgan fingerprint density at radius 2 is 2.00 bits per heavy atom. The molecule has 4 rings (SSSR count). The molecule has 2 aliphatic rings. The van der Waals surface area contributed by atoms with Gasteiger partial charge in [-0.15, -0.1) is 10.2 Å². The van der Waals surface area contributed by atoms with Crippen LogP contribution in [-0.2, 0) is 11.3 Å². The Balaban J connectivity index is 1.22. The molecule has 1 aliphatic carbocycles. The topological polar surface area (TPSA) is 70.1 Å². The minimum Gasteiger partial charge on any atom is -0.357 e. The number of hydrogen-bond donors (Lipinski definition) is 2. The largest absolute Gasteiger partial charge is 0.357 e. The van der Waals surface area contributed by atoms with Crippen molar-refractivity contribution in [1.29, 1.82) is 0 Å². The quantitative estimate of drug-likeness (QED) is 0.556. The Bertz CT molecular complexity index is 818. The van der Waals surface area contributed by atoms with E-state index in [0.717, 1.165) is 34.8 Å². The van der Waals surface area contributed by atoms with Crippen LogP contribution in [0.15, 0.2) is 28.6 Å². The lowest BCUT2D eigenvalue weighted by molar-refractivity contribution is -0.113. The molecule has 0 spiro atoms. The van der Waals surface area contributed by atoms with E-state index in [9.17, 15) is 4.79 Å². The second kappa shape index (κ2) is 11.4. The Hall–Kier alpha value is -1.29. The number of hydrogen-bond acceptors (Lipinski definition) is 8. The number of nitrogens with one attached hydrogen (secondary N) is 2. The van der Waals surface area contributed by atoms with E-state index in [1.54, 1.807) is 0 Å². The van der Waals surface area contributed by atoms with Gasteiger partial charge in [-0.05, 0) is 30.5 Å². The van der Waals surface area contributed by atoms with Crippen LogP contribution in [-0.4, -0.2) is 57.4 Å². The number of carbonyl (C=O) groups excluding carboxylic acids is 1. The Kier molecular flexibility index (Phi) is 8.30. The molecule has 30 heavy (non-hydrogen) atoms. The molecule has 0 atom stereocenters. The summed E-state index contributed by atoms with van der Waals surface area (Å²) >= 11 is 5.01. The summed E-state index contributed by atoms with van der Waals surface area (Å²) in [6.45, 7) is 3.22. The molecule has 1 aromatic heterocycles. The number of anilines is 2. The highest BCUT2D eigenvalue weighted by Gasteiger charge is 2.16. The number of aromatic nitrogens is 2. The zero-order chi connectivity index (χ0) is 20.6. The van der Waals surface area contributed by atoms with Crippen LogP contribution in [0.1, 0.15) is 37.7 Å². The number of benzene rings is 1. The van der Waals surface area contributed by atoms with Gasteiger partial charge in [0.25, 0.3) is 0 Å². The summed E-state index contributed by atoms with van der Waals surface area (Å²) in [5, 5.41) is 15.8. The Labute approximate surface area is 191 Å². The molecule has 0 radical (unpaired) electrons. The van der Waals surface area contributed by atoms with Crippen molar-refractivity contribution < 1.29 is 4.79 Å². The molecule has 0 unspecified atom stereocenters. The van der Waals surface area contributed by atoms with Crippen LogP contribution in [0.4, 0.5) is 10.8 Å². The van der Waals surface area contributed by atoms with E-state index in [-0.39, 0.29) is 5.91 Å². The van der Waals surface area contributed by atoms with Crippen molar-refractivity contribution in [2.75, 3.05) is 41.0 Å². The van der Waals surface area contributed by atoms with E-state index < -0.39 is 0 Å². The maximum atomic E-state index is 12.4. The van der Waals surface area contributed by atoms with Gasteiger partial charge in [-0.1, -0.05) is 54.5 Å². The van der Waals surface area contributed by atoms with Crippen LogP contribution in [0.2, 0.25) is 0 Å². The summed E-state index contributed by atoms with van der Waals surface area (Å²) in [6, 6.07) is 8.71. The van der Waals surface area contributed by atoms with Crippen LogP contribution in [0, 0.1) is 0 Å². The molecular weight excluding hydrogens is 434 g/mol. The number of amides is 1. The highest BCUT2D eigenvalue weighted by Crippen LogP contribution is 2.28. The Morgan fingerprint density at radius 1 is 1.17 bits per heavy atom. The van der Waals surface area contributed by atoms with Gasteiger partial charge in [-0.3, -0.25) is 9.69 Å². The van der Waals surface area contributed by atoms with Crippen molar-refractivity contribution in [3.8, 4) is 0 Å². The first-order chi connectivity index (χ1) is 14.7. The summed E-state index contributed by atoms with van der Waals surface area (Å²) in [5.41, 5.74) is 2.11. The molecule has 6 nitrogen and oxygen atoms in total. The zero-order valence-electron chi connectivity index (χ0n) is 17.1. The van der Waals surface area contributed by atoms with Crippen molar-refractivity contribution in [3.63, 3.8) is 0 Å². The van der Waals surface area contributed by atoms with Crippen molar-refractivity contribution in [2.24, 2.45) is 0 Å². The number of thioether (sulfide) groups is 2. The first kappa shape index (κ1) is 21.9. The van der Waals surface area contributed by atoms with E-state index in [4.69, 9.17) is 0 Å². The fourth-order valence-corrected chi connectivity index (χ4v) is 6.44. The minimum atomic E-state index is -0.0106. The van der Waals surface area contributed by atoms with Gasteiger partial charge in [0, 0.05) is 42.9 Å². The molecule has 1 saturated heterocycles. The average Bonchev–Trinajstić information content (AvgIpc) is 3.21. The first-order valence-corrected chi connectivity index (χ1v) is 13.6. The molecule has 2 N–H and O–H groups in total. The van der Waals surface area contributed by atoms with Crippen molar-refractivity contribution in [3.05, 3.63) is 29.8 Å². The zero-order valence-corrected chi connectivity index (χ0v) is 19.6. The van der Waals surface area contributed by atoms with Gasteiger partial charge in [-0.25, -0.2) is 0 Å². The number of nitrogens with zero attached hydrogens (tertiary/aromatic N) is 3. The summed E-state index contributed by atoms with van der Waals surface area (Å²) in [6.07, 6.45) is 6.33. The third-order valence-electron chi connectivity index (χ3n) is 5.39. The molecular formula is C21H29N5OS3. The van der Waals surface area contributed by atoms with Crippen LogP contribution in [0.3, 0.4) is 0 Å². The van der Waals surface area contributed by atoms with E-state index in [1.165, 1.54) is 72.3 Å². The molecule has 1 aliphatic heterocycles. The molecule has 0 bridgehead atoms.